The first kappa shape index (κ1) is 15.4. The van der Waals surface area contributed by atoms with E-state index in [2.05, 4.69) is 13.8 Å². The van der Waals surface area contributed by atoms with E-state index in [0.717, 1.165) is 23.7 Å². The van der Waals surface area contributed by atoms with E-state index in [1.807, 2.05) is 0 Å². The van der Waals surface area contributed by atoms with Gasteiger partial charge in [-0.2, -0.15) is 0 Å². The van der Waals surface area contributed by atoms with Crippen molar-refractivity contribution in [3.8, 4) is 0 Å². The predicted molar refractivity (Wildman–Crippen MR) is 85.3 cm³/mol. The molecule has 0 heterocycles. The fourth-order valence-electron chi connectivity index (χ4n) is 4.62. The summed E-state index contributed by atoms with van der Waals surface area (Å²) in [5.41, 5.74) is 0. The van der Waals surface area contributed by atoms with Gasteiger partial charge in [0.25, 0.3) is 0 Å². The third-order valence-corrected chi connectivity index (χ3v) is 6.19. The fourth-order valence-corrected chi connectivity index (χ4v) is 4.62. The SMILES string of the molecule is CCCC1CCC(CCC2CCC(CC)CC2)CC1. The Morgan fingerprint density at radius 1 is 0.526 bits per heavy atom. The third-order valence-electron chi connectivity index (χ3n) is 6.19. The zero-order chi connectivity index (χ0) is 13.5. The van der Waals surface area contributed by atoms with E-state index < -0.39 is 0 Å². The van der Waals surface area contributed by atoms with E-state index >= 15 is 0 Å². The molecule has 0 atom stereocenters. The summed E-state index contributed by atoms with van der Waals surface area (Å²) in [5, 5.41) is 0. The summed E-state index contributed by atoms with van der Waals surface area (Å²) in [7, 11) is 0. The van der Waals surface area contributed by atoms with Gasteiger partial charge in [0.15, 0.2) is 0 Å². The summed E-state index contributed by atoms with van der Waals surface area (Å²) in [6.07, 6.45) is 19.8. The maximum atomic E-state index is 2.37. The molecular formula is C19H36. The van der Waals surface area contributed by atoms with Crippen molar-refractivity contribution >= 4 is 0 Å². The maximum Gasteiger partial charge on any atom is -0.0414 e. The summed E-state index contributed by atoms with van der Waals surface area (Å²) < 4.78 is 0. The number of hydrogen-bond acceptors (Lipinski definition) is 0. The molecule has 19 heavy (non-hydrogen) atoms. The van der Waals surface area contributed by atoms with Crippen LogP contribution in [-0.4, -0.2) is 0 Å². The van der Waals surface area contributed by atoms with Crippen molar-refractivity contribution in [2.45, 2.75) is 97.3 Å². The maximum absolute atomic E-state index is 2.37. The average molecular weight is 264 g/mol. The first-order valence-electron chi connectivity index (χ1n) is 9.31. The van der Waals surface area contributed by atoms with Crippen molar-refractivity contribution in [2.75, 3.05) is 0 Å². The summed E-state index contributed by atoms with van der Waals surface area (Å²) in [6, 6.07) is 0. The van der Waals surface area contributed by atoms with Crippen molar-refractivity contribution in [3.63, 3.8) is 0 Å². The van der Waals surface area contributed by atoms with E-state index in [0.29, 0.717) is 0 Å². The van der Waals surface area contributed by atoms with Gasteiger partial charge in [-0.1, -0.05) is 97.3 Å². The van der Waals surface area contributed by atoms with Crippen LogP contribution < -0.4 is 0 Å². The first-order chi connectivity index (χ1) is 9.31. The van der Waals surface area contributed by atoms with E-state index in [9.17, 15) is 0 Å². The predicted octanol–water partition coefficient (Wildman–Crippen LogP) is 6.59. The zero-order valence-corrected chi connectivity index (χ0v) is 13.5. The molecule has 0 spiro atoms. The van der Waals surface area contributed by atoms with E-state index in [1.54, 1.807) is 51.4 Å². The Labute approximate surface area is 121 Å². The van der Waals surface area contributed by atoms with Gasteiger partial charge < -0.3 is 0 Å². The Kier molecular flexibility index (Phi) is 6.74. The minimum Gasteiger partial charge on any atom is -0.0654 e. The molecule has 2 fully saturated rings. The zero-order valence-electron chi connectivity index (χ0n) is 13.5. The fraction of sp³-hybridized carbons (Fsp3) is 1.00. The molecule has 0 unspecified atom stereocenters. The van der Waals surface area contributed by atoms with Crippen LogP contribution in [0, 0.1) is 23.7 Å². The Bertz CT molecular complexity index is 216. The molecule has 2 rings (SSSR count). The summed E-state index contributed by atoms with van der Waals surface area (Å²) in [6.45, 7) is 4.72. The number of rotatable bonds is 6. The highest BCUT2D eigenvalue weighted by molar-refractivity contribution is 4.76. The third kappa shape index (κ3) is 5.12. The molecule has 0 aromatic carbocycles. The molecule has 0 saturated heterocycles. The van der Waals surface area contributed by atoms with Crippen LogP contribution in [0.3, 0.4) is 0 Å². The molecule has 112 valence electrons. The van der Waals surface area contributed by atoms with Crippen LogP contribution in [0.1, 0.15) is 97.3 Å². The van der Waals surface area contributed by atoms with E-state index in [-0.39, 0.29) is 0 Å². The van der Waals surface area contributed by atoms with Crippen molar-refractivity contribution in [2.24, 2.45) is 23.7 Å². The largest absolute Gasteiger partial charge is 0.0654 e. The summed E-state index contributed by atoms with van der Waals surface area (Å²) in [5.74, 6) is 4.34. The lowest BCUT2D eigenvalue weighted by Crippen LogP contribution is -2.18. The van der Waals surface area contributed by atoms with E-state index in [4.69, 9.17) is 0 Å². The van der Waals surface area contributed by atoms with Crippen molar-refractivity contribution in [1.82, 2.24) is 0 Å². The molecule has 0 radical (unpaired) electrons. The van der Waals surface area contributed by atoms with Gasteiger partial charge in [-0.25, -0.2) is 0 Å². The highest BCUT2D eigenvalue weighted by atomic mass is 14.3. The van der Waals surface area contributed by atoms with Crippen molar-refractivity contribution in [3.05, 3.63) is 0 Å². The normalized spacial score (nSPS) is 36.3. The van der Waals surface area contributed by atoms with Gasteiger partial charge in [0.1, 0.15) is 0 Å². The standard InChI is InChI=1S/C19H36/c1-3-5-17-10-12-19(13-11-17)15-14-18-8-6-16(4-2)7-9-18/h16-19H,3-15H2,1-2H3. The Morgan fingerprint density at radius 3 is 1.26 bits per heavy atom. The van der Waals surface area contributed by atoms with Gasteiger partial charge in [-0.05, 0) is 23.7 Å². The minimum atomic E-state index is 1.07. The van der Waals surface area contributed by atoms with Crippen LogP contribution >= 0.6 is 0 Å². The topological polar surface area (TPSA) is 0 Å². The van der Waals surface area contributed by atoms with Crippen LogP contribution in [0.2, 0.25) is 0 Å². The lowest BCUT2D eigenvalue weighted by atomic mass is 9.74. The van der Waals surface area contributed by atoms with Crippen LogP contribution in [0.25, 0.3) is 0 Å². The highest BCUT2D eigenvalue weighted by Gasteiger charge is 2.23. The molecule has 0 N–H and O–H groups in total. The average Bonchev–Trinajstić information content (AvgIpc) is 2.47. The molecule has 2 saturated carbocycles. The summed E-state index contributed by atoms with van der Waals surface area (Å²) in [4.78, 5) is 0. The Balaban J connectivity index is 1.57. The van der Waals surface area contributed by atoms with Gasteiger partial charge in [0.2, 0.25) is 0 Å². The van der Waals surface area contributed by atoms with Crippen LogP contribution in [0.5, 0.6) is 0 Å². The van der Waals surface area contributed by atoms with Gasteiger partial charge in [-0.3, -0.25) is 0 Å². The second-order valence-corrected chi connectivity index (χ2v) is 7.55. The molecule has 0 amide bonds. The van der Waals surface area contributed by atoms with Gasteiger partial charge in [0, 0.05) is 0 Å². The minimum absolute atomic E-state index is 1.07. The van der Waals surface area contributed by atoms with Crippen molar-refractivity contribution < 1.29 is 0 Å². The molecule has 0 bridgehead atoms. The Hall–Kier alpha value is 0. The van der Waals surface area contributed by atoms with Crippen molar-refractivity contribution in [1.29, 1.82) is 0 Å². The van der Waals surface area contributed by atoms with Gasteiger partial charge in [0.05, 0.1) is 0 Å². The molecule has 0 nitrogen and oxygen atoms in total. The second-order valence-electron chi connectivity index (χ2n) is 7.55. The molecule has 2 aliphatic carbocycles. The lowest BCUT2D eigenvalue weighted by molar-refractivity contribution is 0.211. The molecule has 0 aliphatic heterocycles. The first-order valence-corrected chi connectivity index (χ1v) is 9.31. The van der Waals surface area contributed by atoms with Gasteiger partial charge in [-0.15, -0.1) is 0 Å². The molecule has 0 aromatic rings. The quantitative estimate of drug-likeness (QED) is 0.507. The van der Waals surface area contributed by atoms with E-state index in [1.165, 1.54) is 32.1 Å². The second kappa shape index (κ2) is 8.32. The summed E-state index contributed by atoms with van der Waals surface area (Å²) >= 11 is 0. The molecule has 2 aliphatic rings. The molecular weight excluding hydrogens is 228 g/mol. The van der Waals surface area contributed by atoms with Crippen LogP contribution in [-0.2, 0) is 0 Å². The lowest BCUT2D eigenvalue weighted by Gasteiger charge is -2.31. The van der Waals surface area contributed by atoms with Crippen LogP contribution in [0.15, 0.2) is 0 Å². The highest BCUT2D eigenvalue weighted by Crippen LogP contribution is 2.37. The smallest absolute Gasteiger partial charge is 0.0414 e. The monoisotopic (exact) mass is 264 g/mol. The van der Waals surface area contributed by atoms with Gasteiger partial charge >= 0.3 is 0 Å². The molecule has 0 heteroatoms. The molecule has 0 aromatic heterocycles. The Morgan fingerprint density at radius 2 is 0.895 bits per heavy atom. The number of hydrogen-bond donors (Lipinski definition) is 0. The van der Waals surface area contributed by atoms with Crippen LogP contribution in [0.4, 0.5) is 0 Å².